The van der Waals surface area contributed by atoms with Crippen LogP contribution >= 0.6 is 12.4 Å². The van der Waals surface area contributed by atoms with Gasteiger partial charge in [0.05, 0.1) is 0 Å². The maximum absolute atomic E-state index is 7.53. The molecule has 1 unspecified atom stereocenters. The van der Waals surface area contributed by atoms with Crippen molar-refractivity contribution in [3.8, 4) is 0 Å². The molecule has 7 heteroatoms. The molecule has 0 heterocycles. The molecule has 0 radical (unpaired) electrons. The first-order valence-electron chi connectivity index (χ1n) is 5.17. The monoisotopic (exact) mass is 262 g/mol. The highest BCUT2D eigenvalue weighted by Gasteiger charge is 2.33. The Kier molecular flexibility index (Phi) is 6.37. The number of azo groups is 1. The van der Waals surface area contributed by atoms with E-state index in [9.17, 15) is 0 Å². The zero-order valence-electron chi connectivity index (χ0n) is 11.0. The number of hydrogen-bond acceptors (Lipinski definition) is 4. The molecule has 0 rings (SSSR count). The molecule has 100 valence electrons. The molecule has 6 N–H and O–H groups in total. The summed E-state index contributed by atoms with van der Waals surface area (Å²) in [5.41, 5.74) is 9.22. The van der Waals surface area contributed by atoms with Gasteiger partial charge in [0.2, 0.25) is 0 Å². The summed E-state index contributed by atoms with van der Waals surface area (Å²) >= 11 is 0. The van der Waals surface area contributed by atoms with Gasteiger partial charge in [-0.15, -0.1) is 12.4 Å². The molecular formula is C10H23ClN6. The summed E-state index contributed by atoms with van der Waals surface area (Å²) in [4.78, 5) is 0. The van der Waals surface area contributed by atoms with E-state index in [-0.39, 0.29) is 30.0 Å². The maximum atomic E-state index is 7.53. The zero-order chi connectivity index (χ0) is 13.1. The van der Waals surface area contributed by atoms with Gasteiger partial charge in [-0.2, -0.15) is 10.2 Å². The molecule has 6 nitrogen and oxygen atoms in total. The lowest BCUT2D eigenvalue weighted by atomic mass is 9.88. The van der Waals surface area contributed by atoms with E-state index in [4.69, 9.17) is 22.3 Å². The summed E-state index contributed by atoms with van der Waals surface area (Å²) in [6, 6.07) is 0. The topological polar surface area (TPSA) is 124 Å². The smallest absolute Gasteiger partial charge is 0.137 e. The van der Waals surface area contributed by atoms with Crippen LogP contribution in [0.15, 0.2) is 10.2 Å². The van der Waals surface area contributed by atoms with E-state index in [2.05, 4.69) is 10.2 Å². The van der Waals surface area contributed by atoms with Gasteiger partial charge in [-0.05, 0) is 26.7 Å². The largest absolute Gasteiger partial charge is 0.386 e. The van der Waals surface area contributed by atoms with Crippen molar-refractivity contribution in [3.05, 3.63) is 0 Å². The fraction of sp³-hybridized carbons (Fsp3) is 0.800. The third kappa shape index (κ3) is 4.30. The fourth-order valence-electron chi connectivity index (χ4n) is 0.763. The fourth-order valence-corrected chi connectivity index (χ4v) is 0.763. The highest BCUT2D eigenvalue weighted by molar-refractivity contribution is 5.88. The molecule has 0 aromatic heterocycles. The predicted octanol–water partition coefficient (Wildman–Crippen LogP) is 1.93. The van der Waals surface area contributed by atoms with Crippen LogP contribution in [-0.2, 0) is 0 Å². The highest BCUT2D eigenvalue weighted by Crippen LogP contribution is 2.23. The normalized spacial score (nSPS) is 15.4. The Labute approximate surface area is 109 Å². The number of nitrogens with one attached hydrogen (secondary N) is 2. The first kappa shape index (κ1) is 18.2. The minimum Gasteiger partial charge on any atom is -0.386 e. The summed E-state index contributed by atoms with van der Waals surface area (Å²) in [5, 5.41) is 23.0. The van der Waals surface area contributed by atoms with E-state index in [0.717, 1.165) is 0 Å². The molecule has 17 heavy (non-hydrogen) atoms. The molecule has 0 spiro atoms. The second kappa shape index (κ2) is 5.95. The first-order valence-corrected chi connectivity index (χ1v) is 5.17. The van der Waals surface area contributed by atoms with Crippen molar-refractivity contribution >= 4 is 24.1 Å². The van der Waals surface area contributed by atoms with Gasteiger partial charge in [0, 0.05) is 0 Å². The molecule has 0 aliphatic carbocycles. The molecule has 0 fully saturated rings. The second-order valence-corrected chi connectivity index (χ2v) is 4.89. The zero-order valence-corrected chi connectivity index (χ0v) is 11.9. The number of halogens is 1. The standard InChI is InChI=1S/C10H22N6.ClH/c1-6(2)10(5,8(13)14)16-15-9(3,4)7(11)12;/h6H,1-5H3,(H3,11,12)(H3,13,14);1H. The van der Waals surface area contributed by atoms with Crippen molar-refractivity contribution in [1.29, 1.82) is 10.8 Å². The van der Waals surface area contributed by atoms with E-state index in [1.54, 1.807) is 20.8 Å². The lowest BCUT2D eigenvalue weighted by Crippen LogP contribution is -2.44. The van der Waals surface area contributed by atoms with Crippen molar-refractivity contribution in [2.45, 2.75) is 45.7 Å². The Bertz CT molecular complexity index is 323. The number of hydrogen-bond donors (Lipinski definition) is 4. The van der Waals surface area contributed by atoms with Gasteiger partial charge in [-0.25, -0.2) is 0 Å². The summed E-state index contributed by atoms with van der Waals surface area (Å²) < 4.78 is 0. The van der Waals surface area contributed by atoms with Crippen LogP contribution in [0.5, 0.6) is 0 Å². The molecule has 0 aromatic rings. The van der Waals surface area contributed by atoms with Crippen LogP contribution in [0, 0.1) is 16.7 Å². The van der Waals surface area contributed by atoms with Crippen molar-refractivity contribution < 1.29 is 0 Å². The summed E-state index contributed by atoms with van der Waals surface area (Å²) in [5.74, 6) is -0.0481. The molecule has 0 saturated heterocycles. The van der Waals surface area contributed by atoms with Crippen molar-refractivity contribution in [2.75, 3.05) is 0 Å². The van der Waals surface area contributed by atoms with Crippen LogP contribution in [0.4, 0.5) is 0 Å². The second-order valence-electron chi connectivity index (χ2n) is 4.89. The minimum atomic E-state index is -0.856. The molecule has 1 atom stereocenters. The number of nitrogens with zero attached hydrogens (tertiary/aromatic N) is 2. The van der Waals surface area contributed by atoms with Crippen LogP contribution in [0.3, 0.4) is 0 Å². The van der Waals surface area contributed by atoms with Gasteiger partial charge in [0.15, 0.2) is 0 Å². The molecule has 0 saturated carbocycles. The van der Waals surface area contributed by atoms with Crippen molar-refractivity contribution in [3.63, 3.8) is 0 Å². The summed E-state index contributed by atoms with van der Waals surface area (Å²) in [6.07, 6.45) is 0. The quantitative estimate of drug-likeness (QED) is 0.343. The first-order chi connectivity index (χ1) is 7.04. The van der Waals surface area contributed by atoms with Crippen molar-refractivity contribution in [2.24, 2.45) is 27.6 Å². The lowest BCUT2D eigenvalue weighted by Gasteiger charge is -2.28. The molecule has 0 aliphatic heterocycles. The van der Waals surface area contributed by atoms with Crippen LogP contribution < -0.4 is 11.5 Å². The average molecular weight is 263 g/mol. The Balaban J connectivity index is 0. The van der Waals surface area contributed by atoms with E-state index in [1.807, 2.05) is 13.8 Å². The molecular weight excluding hydrogens is 240 g/mol. The number of rotatable bonds is 5. The van der Waals surface area contributed by atoms with E-state index >= 15 is 0 Å². The minimum absolute atomic E-state index is 0. The van der Waals surface area contributed by atoms with Crippen LogP contribution in [0.1, 0.15) is 34.6 Å². The summed E-state index contributed by atoms with van der Waals surface area (Å²) in [7, 11) is 0. The van der Waals surface area contributed by atoms with Gasteiger partial charge < -0.3 is 11.5 Å². The van der Waals surface area contributed by atoms with Gasteiger partial charge in [-0.1, -0.05) is 13.8 Å². The Morgan fingerprint density at radius 3 is 1.65 bits per heavy atom. The molecule has 0 amide bonds. The lowest BCUT2D eigenvalue weighted by molar-refractivity contribution is 0.410. The van der Waals surface area contributed by atoms with Gasteiger partial charge in [0.25, 0.3) is 0 Å². The summed E-state index contributed by atoms with van der Waals surface area (Å²) in [6.45, 7) is 8.97. The van der Waals surface area contributed by atoms with Crippen LogP contribution in [0.2, 0.25) is 0 Å². The Hall–Kier alpha value is -1.17. The van der Waals surface area contributed by atoms with Gasteiger partial charge in [-0.3, -0.25) is 10.8 Å². The SMILES string of the molecule is CC(C)C(C)(N=NC(C)(C)C(=N)N)C(=N)N.Cl. The Morgan fingerprint density at radius 1 is 1.00 bits per heavy atom. The molecule has 0 bridgehead atoms. The van der Waals surface area contributed by atoms with Gasteiger partial charge in [0.1, 0.15) is 22.7 Å². The highest BCUT2D eigenvalue weighted by atomic mass is 35.5. The maximum Gasteiger partial charge on any atom is 0.137 e. The number of amidine groups is 2. The average Bonchev–Trinajstić information content (AvgIpc) is 2.13. The van der Waals surface area contributed by atoms with Crippen LogP contribution in [0.25, 0.3) is 0 Å². The third-order valence-electron chi connectivity index (χ3n) is 2.84. The Morgan fingerprint density at radius 2 is 1.41 bits per heavy atom. The van der Waals surface area contributed by atoms with Gasteiger partial charge >= 0.3 is 0 Å². The third-order valence-corrected chi connectivity index (χ3v) is 2.84. The van der Waals surface area contributed by atoms with E-state index in [0.29, 0.717) is 0 Å². The van der Waals surface area contributed by atoms with Crippen LogP contribution in [-0.4, -0.2) is 22.7 Å². The van der Waals surface area contributed by atoms with E-state index in [1.165, 1.54) is 0 Å². The predicted molar refractivity (Wildman–Crippen MR) is 73.3 cm³/mol. The molecule has 0 aliphatic rings. The molecule has 0 aromatic carbocycles. The number of nitrogens with two attached hydrogens (primary N) is 2. The van der Waals surface area contributed by atoms with Crippen molar-refractivity contribution in [1.82, 2.24) is 0 Å². The van der Waals surface area contributed by atoms with E-state index < -0.39 is 11.1 Å².